The number of aryl methyl sites for hydroxylation is 1. The van der Waals surface area contributed by atoms with Gasteiger partial charge in [-0.15, -0.1) is 16.9 Å². The highest BCUT2D eigenvalue weighted by atomic mass is 32.2. The predicted molar refractivity (Wildman–Crippen MR) is 71.4 cm³/mol. The van der Waals surface area contributed by atoms with Gasteiger partial charge in [-0.1, -0.05) is 0 Å². The van der Waals surface area contributed by atoms with E-state index >= 15 is 0 Å². The van der Waals surface area contributed by atoms with Gasteiger partial charge in [0.1, 0.15) is 11.6 Å². The third-order valence-corrected chi connectivity index (χ3v) is 4.86. The molecule has 0 aromatic carbocycles. The Morgan fingerprint density at radius 2 is 2.50 bits per heavy atom. The summed E-state index contributed by atoms with van der Waals surface area (Å²) in [5, 5.41) is 11.6. The monoisotopic (exact) mass is 313 g/mol. The summed E-state index contributed by atoms with van der Waals surface area (Å²) in [6, 6.07) is 0. The number of thioether (sulfide) groups is 2. The van der Waals surface area contributed by atoms with Crippen molar-refractivity contribution in [3.8, 4) is 0 Å². The van der Waals surface area contributed by atoms with Crippen molar-refractivity contribution in [2.75, 3.05) is 11.7 Å². The van der Waals surface area contributed by atoms with Gasteiger partial charge < -0.3 is 4.74 Å². The first-order chi connectivity index (χ1) is 9.66. The van der Waals surface area contributed by atoms with Gasteiger partial charge in [-0.25, -0.2) is 9.48 Å². The van der Waals surface area contributed by atoms with Crippen LogP contribution in [0.2, 0.25) is 0 Å². The van der Waals surface area contributed by atoms with Gasteiger partial charge in [0.05, 0.1) is 11.8 Å². The lowest BCUT2D eigenvalue weighted by atomic mass is 10.1. The molecule has 2 aliphatic rings. The average Bonchev–Trinajstić information content (AvgIpc) is 2.82. The SMILES string of the molecule is Cn1nnnc1SCOC(=O)C1=CCS[C@@H]2CC(=O)N12. The number of carbonyl (C=O) groups is 2. The number of amides is 1. The Balaban J connectivity index is 1.55. The minimum absolute atomic E-state index is 0.0319. The van der Waals surface area contributed by atoms with Gasteiger partial charge >= 0.3 is 5.97 Å². The minimum Gasteiger partial charge on any atom is -0.449 e. The third kappa shape index (κ3) is 2.40. The number of hydrogen-bond donors (Lipinski definition) is 0. The summed E-state index contributed by atoms with van der Waals surface area (Å²) in [4.78, 5) is 25.0. The van der Waals surface area contributed by atoms with Crippen LogP contribution in [-0.2, 0) is 21.4 Å². The van der Waals surface area contributed by atoms with Crippen LogP contribution in [0.15, 0.2) is 16.9 Å². The quantitative estimate of drug-likeness (QED) is 0.332. The molecule has 1 saturated heterocycles. The van der Waals surface area contributed by atoms with Gasteiger partial charge in [-0.2, -0.15) is 0 Å². The van der Waals surface area contributed by atoms with Crippen molar-refractivity contribution >= 4 is 35.4 Å². The van der Waals surface area contributed by atoms with Crippen LogP contribution in [-0.4, -0.2) is 54.0 Å². The Hall–Kier alpha value is -1.55. The zero-order valence-electron chi connectivity index (χ0n) is 10.6. The van der Waals surface area contributed by atoms with E-state index in [0.29, 0.717) is 17.3 Å². The van der Waals surface area contributed by atoms with Crippen molar-refractivity contribution in [1.82, 2.24) is 25.1 Å². The molecular formula is C10H11N5O3S2. The molecule has 0 radical (unpaired) electrons. The number of carbonyl (C=O) groups excluding carboxylic acids is 2. The fourth-order valence-corrected chi connectivity index (χ4v) is 3.59. The molecule has 0 saturated carbocycles. The second-order valence-electron chi connectivity index (χ2n) is 4.12. The molecule has 1 aromatic heterocycles. The lowest BCUT2D eigenvalue weighted by Gasteiger charge is -2.42. The Morgan fingerprint density at radius 1 is 1.65 bits per heavy atom. The second-order valence-corrected chi connectivity index (χ2v) is 6.22. The first-order valence-electron chi connectivity index (χ1n) is 5.83. The van der Waals surface area contributed by atoms with E-state index in [1.165, 1.54) is 21.3 Å². The number of esters is 1. The Labute approximate surface area is 122 Å². The molecule has 106 valence electrons. The largest absolute Gasteiger partial charge is 0.449 e. The van der Waals surface area contributed by atoms with E-state index in [-0.39, 0.29) is 17.2 Å². The lowest BCUT2D eigenvalue weighted by molar-refractivity contribution is -0.148. The third-order valence-electron chi connectivity index (χ3n) is 2.90. The van der Waals surface area contributed by atoms with Crippen LogP contribution < -0.4 is 0 Å². The highest BCUT2D eigenvalue weighted by Gasteiger charge is 2.43. The van der Waals surface area contributed by atoms with E-state index in [1.807, 2.05) is 0 Å². The number of hydrogen-bond acceptors (Lipinski definition) is 8. The molecule has 10 heteroatoms. The number of ether oxygens (including phenoxy) is 1. The number of fused-ring (bicyclic) bond motifs is 1. The maximum Gasteiger partial charge on any atom is 0.355 e. The maximum absolute atomic E-state index is 12.0. The molecule has 0 unspecified atom stereocenters. The van der Waals surface area contributed by atoms with E-state index in [1.54, 1.807) is 24.9 Å². The van der Waals surface area contributed by atoms with Crippen LogP contribution in [0, 0.1) is 0 Å². The highest BCUT2D eigenvalue weighted by Crippen LogP contribution is 2.37. The zero-order chi connectivity index (χ0) is 14.1. The fourth-order valence-electron chi connectivity index (χ4n) is 1.88. The molecule has 0 bridgehead atoms. The molecule has 8 nitrogen and oxygen atoms in total. The summed E-state index contributed by atoms with van der Waals surface area (Å²) >= 11 is 2.86. The van der Waals surface area contributed by atoms with Crippen LogP contribution in [0.4, 0.5) is 0 Å². The Morgan fingerprint density at radius 3 is 3.20 bits per heavy atom. The molecule has 3 rings (SSSR count). The zero-order valence-corrected chi connectivity index (χ0v) is 12.2. The number of rotatable bonds is 4. The first kappa shape index (κ1) is 13.4. The van der Waals surface area contributed by atoms with Crippen LogP contribution in [0.5, 0.6) is 0 Å². The van der Waals surface area contributed by atoms with E-state index in [0.717, 1.165) is 5.75 Å². The predicted octanol–water partition coefficient (Wildman–Crippen LogP) is -0.00800. The number of nitrogens with zero attached hydrogens (tertiary/aromatic N) is 5. The summed E-state index contributed by atoms with van der Waals surface area (Å²) in [5.41, 5.74) is 0.349. The molecule has 1 fully saturated rings. The smallest absolute Gasteiger partial charge is 0.355 e. The van der Waals surface area contributed by atoms with Gasteiger partial charge in [-0.05, 0) is 28.3 Å². The molecule has 20 heavy (non-hydrogen) atoms. The number of aromatic nitrogens is 4. The standard InChI is InChI=1S/C10H11N5O3S2/c1-14-10(11-12-13-14)20-5-18-9(17)6-2-3-19-8-4-7(16)15(6)8/h2,8H,3-5H2,1H3/t8-/m1/s1. The van der Waals surface area contributed by atoms with Crippen molar-refractivity contribution < 1.29 is 14.3 Å². The summed E-state index contributed by atoms with van der Waals surface area (Å²) in [7, 11) is 1.70. The molecule has 1 atom stereocenters. The summed E-state index contributed by atoms with van der Waals surface area (Å²) in [5.74, 6) is 0.310. The number of tetrazole rings is 1. The summed E-state index contributed by atoms with van der Waals surface area (Å²) in [6.07, 6.45) is 2.23. The van der Waals surface area contributed by atoms with Crippen molar-refractivity contribution in [3.05, 3.63) is 11.8 Å². The average molecular weight is 313 g/mol. The second kappa shape index (κ2) is 5.44. The topological polar surface area (TPSA) is 90.2 Å². The molecule has 0 spiro atoms. The van der Waals surface area contributed by atoms with Gasteiger partial charge in [0.15, 0.2) is 0 Å². The normalized spacial score (nSPS) is 21.1. The number of β-lactam (4-membered cyclic amide) rings is 1. The van der Waals surface area contributed by atoms with E-state index in [4.69, 9.17) is 4.74 Å². The molecule has 1 amide bonds. The van der Waals surface area contributed by atoms with Crippen LogP contribution >= 0.6 is 23.5 Å². The summed E-state index contributed by atoms with van der Waals surface area (Å²) < 4.78 is 6.64. The Bertz CT molecular complexity index is 587. The van der Waals surface area contributed by atoms with Crippen LogP contribution in [0.3, 0.4) is 0 Å². The highest BCUT2D eigenvalue weighted by molar-refractivity contribution is 8.00. The Kier molecular flexibility index (Phi) is 3.66. The molecule has 0 aliphatic carbocycles. The molecule has 0 N–H and O–H groups in total. The molecule has 3 heterocycles. The molecule has 2 aliphatic heterocycles. The van der Waals surface area contributed by atoms with Crippen molar-refractivity contribution in [2.45, 2.75) is 17.0 Å². The maximum atomic E-state index is 12.0. The first-order valence-corrected chi connectivity index (χ1v) is 7.86. The van der Waals surface area contributed by atoms with Crippen LogP contribution in [0.25, 0.3) is 0 Å². The van der Waals surface area contributed by atoms with Crippen molar-refractivity contribution in [2.24, 2.45) is 7.05 Å². The lowest BCUT2D eigenvalue weighted by Crippen LogP contribution is -2.53. The van der Waals surface area contributed by atoms with Gasteiger partial charge in [0.2, 0.25) is 11.1 Å². The van der Waals surface area contributed by atoms with Gasteiger partial charge in [-0.3, -0.25) is 9.69 Å². The van der Waals surface area contributed by atoms with E-state index in [9.17, 15) is 9.59 Å². The van der Waals surface area contributed by atoms with Crippen molar-refractivity contribution in [1.29, 1.82) is 0 Å². The van der Waals surface area contributed by atoms with Gasteiger partial charge in [0.25, 0.3) is 0 Å². The van der Waals surface area contributed by atoms with E-state index < -0.39 is 5.97 Å². The fraction of sp³-hybridized carbons (Fsp3) is 0.500. The molecular weight excluding hydrogens is 302 g/mol. The van der Waals surface area contributed by atoms with Gasteiger partial charge in [0, 0.05) is 12.8 Å². The van der Waals surface area contributed by atoms with E-state index in [2.05, 4.69) is 15.5 Å². The van der Waals surface area contributed by atoms with Crippen LogP contribution in [0.1, 0.15) is 6.42 Å². The minimum atomic E-state index is -0.481. The summed E-state index contributed by atoms with van der Waals surface area (Å²) in [6.45, 7) is 0. The molecule has 1 aromatic rings. The van der Waals surface area contributed by atoms with Crippen molar-refractivity contribution in [3.63, 3.8) is 0 Å².